The molecule has 0 atom stereocenters. The minimum absolute atomic E-state index is 0.288. The average Bonchev–Trinajstić information content (AvgIpc) is 2.21. The Bertz CT molecular complexity index is 202. The molecule has 3 heteroatoms. The first-order valence-corrected chi connectivity index (χ1v) is 6.90. The van der Waals surface area contributed by atoms with Crippen molar-refractivity contribution in [1.82, 2.24) is 10.2 Å². The van der Waals surface area contributed by atoms with Gasteiger partial charge >= 0.3 is 0 Å². The lowest BCUT2D eigenvalue weighted by Crippen LogP contribution is -2.30. The number of amides is 1. The molecule has 102 valence electrons. The first-order chi connectivity index (χ1) is 7.93. The quantitative estimate of drug-likeness (QED) is 0.630. The monoisotopic (exact) mass is 242 g/mol. The van der Waals surface area contributed by atoms with Crippen LogP contribution < -0.4 is 5.32 Å². The molecule has 0 aliphatic carbocycles. The number of nitrogens with one attached hydrogen (secondary N) is 1. The maximum absolute atomic E-state index is 11.7. The predicted octanol–water partition coefficient (Wildman–Crippen LogP) is 2.66. The van der Waals surface area contributed by atoms with E-state index < -0.39 is 0 Å². The van der Waals surface area contributed by atoms with Crippen LogP contribution in [0, 0.1) is 5.92 Å². The summed E-state index contributed by atoms with van der Waals surface area (Å²) in [4.78, 5) is 13.6. The van der Waals surface area contributed by atoms with Crippen LogP contribution in [0.5, 0.6) is 0 Å². The summed E-state index contributed by atoms with van der Waals surface area (Å²) in [5.41, 5.74) is 0. The van der Waals surface area contributed by atoms with E-state index in [2.05, 4.69) is 33.0 Å². The van der Waals surface area contributed by atoms with Crippen LogP contribution in [0.2, 0.25) is 0 Å². The van der Waals surface area contributed by atoms with Gasteiger partial charge in [-0.05, 0) is 25.3 Å². The van der Waals surface area contributed by atoms with Gasteiger partial charge in [0.05, 0.1) is 0 Å². The smallest absolute Gasteiger partial charge is 0.222 e. The number of carbonyl (C=O) groups is 1. The van der Waals surface area contributed by atoms with Crippen molar-refractivity contribution in [2.24, 2.45) is 5.92 Å². The largest absolute Gasteiger partial charge is 0.346 e. The van der Waals surface area contributed by atoms with E-state index in [1.165, 1.54) is 6.42 Å². The van der Waals surface area contributed by atoms with Crippen molar-refractivity contribution in [2.75, 3.05) is 20.1 Å². The third-order valence-corrected chi connectivity index (χ3v) is 2.68. The van der Waals surface area contributed by atoms with Crippen LogP contribution in [0.15, 0.2) is 0 Å². The minimum atomic E-state index is 0.288. The van der Waals surface area contributed by atoms with E-state index in [0.717, 1.165) is 25.9 Å². The van der Waals surface area contributed by atoms with Crippen molar-refractivity contribution in [1.29, 1.82) is 0 Å². The summed E-state index contributed by atoms with van der Waals surface area (Å²) in [6.45, 7) is 10.5. The summed E-state index contributed by atoms with van der Waals surface area (Å²) in [6.07, 6.45) is 4.02. The molecule has 1 N–H and O–H groups in total. The highest BCUT2D eigenvalue weighted by atomic mass is 16.2. The van der Waals surface area contributed by atoms with E-state index in [-0.39, 0.29) is 5.91 Å². The van der Waals surface area contributed by atoms with Gasteiger partial charge in [-0.3, -0.25) is 4.79 Å². The Labute approximate surface area is 107 Å². The Morgan fingerprint density at radius 2 is 1.76 bits per heavy atom. The average molecular weight is 242 g/mol. The summed E-state index contributed by atoms with van der Waals surface area (Å²) < 4.78 is 0. The summed E-state index contributed by atoms with van der Waals surface area (Å²) in [7, 11) is 1.91. The second kappa shape index (κ2) is 9.46. The summed E-state index contributed by atoms with van der Waals surface area (Å²) in [5, 5.41) is 3.39. The lowest BCUT2D eigenvalue weighted by Gasteiger charge is -2.19. The highest BCUT2D eigenvalue weighted by molar-refractivity contribution is 5.75. The zero-order chi connectivity index (χ0) is 13.3. The van der Waals surface area contributed by atoms with Crippen molar-refractivity contribution in [2.45, 2.75) is 59.4 Å². The Morgan fingerprint density at radius 3 is 2.29 bits per heavy atom. The van der Waals surface area contributed by atoms with Crippen LogP contribution in [-0.2, 0) is 4.79 Å². The molecule has 17 heavy (non-hydrogen) atoms. The van der Waals surface area contributed by atoms with Gasteiger partial charge < -0.3 is 10.2 Å². The van der Waals surface area contributed by atoms with Gasteiger partial charge in [-0.15, -0.1) is 0 Å². The van der Waals surface area contributed by atoms with E-state index in [4.69, 9.17) is 0 Å². The van der Waals surface area contributed by atoms with Crippen molar-refractivity contribution in [3.63, 3.8) is 0 Å². The van der Waals surface area contributed by atoms with Crippen LogP contribution in [0.3, 0.4) is 0 Å². The van der Waals surface area contributed by atoms with Crippen molar-refractivity contribution in [3.8, 4) is 0 Å². The van der Waals surface area contributed by atoms with Gasteiger partial charge in [-0.1, -0.05) is 34.1 Å². The molecule has 0 fully saturated rings. The van der Waals surface area contributed by atoms with Gasteiger partial charge in [-0.2, -0.15) is 0 Å². The number of hydrogen-bond acceptors (Lipinski definition) is 2. The topological polar surface area (TPSA) is 32.3 Å². The third kappa shape index (κ3) is 10.3. The standard InChI is InChI=1S/C14H30N2O/c1-12(2)11-16(5)14(17)9-7-6-8-10-15-13(3)4/h12-13,15H,6-11H2,1-5H3. The maximum atomic E-state index is 11.7. The number of carbonyl (C=O) groups excluding carboxylic acids is 1. The number of hydrogen-bond donors (Lipinski definition) is 1. The van der Waals surface area contributed by atoms with Gasteiger partial charge in [-0.25, -0.2) is 0 Å². The van der Waals surface area contributed by atoms with E-state index in [1.807, 2.05) is 11.9 Å². The molecule has 0 radical (unpaired) electrons. The molecule has 0 aromatic heterocycles. The Hall–Kier alpha value is -0.570. The lowest BCUT2D eigenvalue weighted by atomic mass is 10.1. The number of unbranched alkanes of at least 4 members (excludes halogenated alkanes) is 2. The van der Waals surface area contributed by atoms with Gasteiger partial charge in [0, 0.05) is 26.1 Å². The highest BCUT2D eigenvalue weighted by Crippen LogP contribution is 2.04. The molecule has 0 aliphatic rings. The molecule has 0 aliphatic heterocycles. The van der Waals surface area contributed by atoms with Crippen molar-refractivity contribution >= 4 is 5.91 Å². The summed E-state index contributed by atoms with van der Waals surface area (Å²) in [5.74, 6) is 0.842. The van der Waals surface area contributed by atoms with E-state index >= 15 is 0 Å². The van der Waals surface area contributed by atoms with E-state index in [1.54, 1.807) is 0 Å². The molecule has 0 heterocycles. The maximum Gasteiger partial charge on any atom is 0.222 e. The number of nitrogens with zero attached hydrogens (tertiary/aromatic N) is 1. The van der Waals surface area contributed by atoms with Crippen molar-refractivity contribution < 1.29 is 4.79 Å². The van der Waals surface area contributed by atoms with Crippen LogP contribution in [0.4, 0.5) is 0 Å². The van der Waals surface area contributed by atoms with Crippen LogP contribution in [0.25, 0.3) is 0 Å². The second-order valence-corrected chi connectivity index (χ2v) is 5.59. The van der Waals surface area contributed by atoms with Crippen LogP contribution in [-0.4, -0.2) is 37.0 Å². The fourth-order valence-electron chi connectivity index (χ4n) is 1.81. The molecule has 0 saturated heterocycles. The van der Waals surface area contributed by atoms with E-state index in [0.29, 0.717) is 18.4 Å². The second-order valence-electron chi connectivity index (χ2n) is 5.59. The molecule has 3 nitrogen and oxygen atoms in total. The SMILES string of the molecule is CC(C)CN(C)C(=O)CCCCCNC(C)C. The summed E-state index contributed by atoms with van der Waals surface area (Å²) in [6, 6.07) is 0.564. The lowest BCUT2D eigenvalue weighted by molar-refractivity contribution is -0.130. The molecule has 1 amide bonds. The fraction of sp³-hybridized carbons (Fsp3) is 0.929. The van der Waals surface area contributed by atoms with Gasteiger partial charge in [0.2, 0.25) is 5.91 Å². The Kier molecular flexibility index (Phi) is 9.14. The first kappa shape index (κ1) is 16.4. The normalized spacial score (nSPS) is 11.2. The molecular weight excluding hydrogens is 212 g/mol. The Morgan fingerprint density at radius 1 is 1.12 bits per heavy atom. The molecule has 0 rings (SSSR count). The first-order valence-electron chi connectivity index (χ1n) is 6.90. The van der Waals surface area contributed by atoms with Crippen LogP contribution in [0.1, 0.15) is 53.4 Å². The third-order valence-electron chi connectivity index (χ3n) is 2.68. The molecule has 0 saturated carbocycles. The summed E-state index contributed by atoms with van der Waals surface area (Å²) >= 11 is 0. The zero-order valence-electron chi connectivity index (χ0n) is 12.3. The minimum Gasteiger partial charge on any atom is -0.346 e. The molecule has 0 bridgehead atoms. The van der Waals surface area contributed by atoms with Gasteiger partial charge in [0.15, 0.2) is 0 Å². The van der Waals surface area contributed by atoms with Crippen molar-refractivity contribution in [3.05, 3.63) is 0 Å². The number of rotatable bonds is 9. The molecule has 0 unspecified atom stereocenters. The molecule has 0 spiro atoms. The van der Waals surface area contributed by atoms with Crippen LogP contribution >= 0.6 is 0 Å². The van der Waals surface area contributed by atoms with Gasteiger partial charge in [0.25, 0.3) is 0 Å². The zero-order valence-corrected chi connectivity index (χ0v) is 12.3. The highest BCUT2D eigenvalue weighted by Gasteiger charge is 2.09. The predicted molar refractivity (Wildman–Crippen MR) is 74.1 cm³/mol. The molecular formula is C14H30N2O. The molecule has 0 aromatic carbocycles. The fourth-order valence-corrected chi connectivity index (χ4v) is 1.81. The van der Waals surface area contributed by atoms with Gasteiger partial charge in [0.1, 0.15) is 0 Å². The molecule has 0 aromatic rings. The Balaban J connectivity index is 3.45. The van der Waals surface area contributed by atoms with E-state index in [9.17, 15) is 4.79 Å².